The largest absolute Gasteiger partial charge is 0.374 e. The Morgan fingerprint density at radius 2 is 2.00 bits per heavy atom. The van der Waals surface area contributed by atoms with Crippen molar-refractivity contribution >= 4 is 29.0 Å². The number of ketones is 1. The fraction of sp³-hybridized carbons (Fsp3) is 0.625. The van der Waals surface area contributed by atoms with Crippen LogP contribution in [0.15, 0.2) is 18.5 Å². The Morgan fingerprint density at radius 1 is 1.22 bits per heavy atom. The third-order valence-electron chi connectivity index (χ3n) is 7.00. The average molecular weight is 442 g/mol. The normalized spacial score (nSPS) is 22.3. The number of amides is 2. The van der Waals surface area contributed by atoms with Crippen LogP contribution < -0.4 is 10.6 Å². The van der Waals surface area contributed by atoms with Crippen molar-refractivity contribution in [2.45, 2.75) is 65.3 Å². The molecule has 0 aromatic carbocycles. The molecule has 1 aromatic rings. The van der Waals surface area contributed by atoms with Gasteiger partial charge in [-0.15, -0.1) is 0 Å². The second kappa shape index (κ2) is 10.2. The van der Waals surface area contributed by atoms with Gasteiger partial charge in [-0.1, -0.05) is 26.7 Å². The Morgan fingerprint density at radius 3 is 2.72 bits per heavy atom. The number of rotatable bonds is 8. The molecule has 0 bridgehead atoms. The molecule has 8 nitrogen and oxygen atoms in total. The minimum absolute atomic E-state index is 0.0245. The molecule has 32 heavy (non-hydrogen) atoms. The van der Waals surface area contributed by atoms with Crippen LogP contribution in [0.25, 0.3) is 0 Å². The lowest BCUT2D eigenvalue weighted by Crippen LogP contribution is -2.49. The summed E-state index contributed by atoms with van der Waals surface area (Å²) in [6.07, 6.45) is 9.25. The summed E-state index contributed by atoms with van der Waals surface area (Å²) < 4.78 is 0. The quantitative estimate of drug-likeness (QED) is 0.537. The van der Waals surface area contributed by atoms with E-state index >= 15 is 0 Å². The van der Waals surface area contributed by atoms with Gasteiger partial charge in [0.15, 0.2) is 5.78 Å². The van der Waals surface area contributed by atoms with Gasteiger partial charge in [0.05, 0.1) is 18.4 Å². The molecule has 174 valence electrons. The molecule has 1 saturated heterocycles. The highest BCUT2D eigenvalue weighted by atomic mass is 16.2. The molecule has 0 radical (unpaired) electrons. The summed E-state index contributed by atoms with van der Waals surface area (Å²) >= 11 is 0. The first kappa shape index (κ1) is 23.9. The summed E-state index contributed by atoms with van der Waals surface area (Å²) in [5.41, 5.74) is 0.966. The molecular weight excluding hydrogens is 406 g/mol. The molecule has 2 atom stereocenters. The van der Waals surface area contributed by atoms with Gasteiger partial charge in [0.25, 0.3) is 0 Å². The van der Waals surface area contributed by atoms with Crippen LogP contribution in [0.1, 0.15) is 64.9 Å². The number of pyridine rings is 1. The fourth-order valence-electron chi connectivity index (χ4n) is 4.84. The predicted molar refractivity (Wildman–Crippen MR) is 124 cm³/mol. The number of likely N-dealkylation sites (tertiary alicyclic amines) is 1. The molecule has 1 aliphatic heterocycles. The van der Waals surface area contributed by atoms with Crippen molar-refractivity contribution in [1.29, 1.82) is 5.41 Å². The number of nitrogens with one attached hydrogen (secondary N) is 3. The Bertz CT molecular complexity index is 882. The second-order valence-electron chi connectivity index (χ2n) is 9.63. The minimum atomic E-state index is -0.445. The summed E-state index contributed by atoms with van der Waals surface area (Å²) in [6.45, 7) is 7.07. The number of carbonyl (C=O) groups is 3. The predicted octanol–water partition coefficient (Wildman–Crippen LogP) is 2.77. The molecule has 2 aliphatic rings. The second-order valence-corrected chi connectivity index (χ2v) is 9.63. The first-order valence-corrected chi connectivity index (χ1v) is 11.6. The number of carbonyl (C=O) groups excluding carboxylic acids is 3. The van der Waals surface area contributed by atoms with Crippen LogP contribution in [0.3, 0.4) is 0 Å². The first-order chi connectivity index (χ1) is 15.2. The lowest BCUT2D eigenvalue weighted by molar-refractivity contribution is -0.137. The van der Waals surface area contributed by atoms with Crippen molar-refractivity contribution < 1.29 is 14.4 Å². The molecule has 1 aromatic heterocycles. The maximum Gasteiger partial charge on any atom is 0.242 e. The molecule has 0 spiro atoms. The molecule has 2 fully saturated rings. The Kier molecular flexibility index (Phi) is 7.64. The summed E-state index contributed by atoms with van der Waals surface area (Å²) in [4.78, 5) is 43.1. The zero-order chi connectivity index (χ0) is 23.3. The maximum absolute atomic E-state index is 12.9. The molecule has 1 unspecified atom stereocenters. The fourth-order valence-corrected chi connectivity index (χ4v) is 4.84. The van der Waals surface area contributed by atoms with Crippen molar-refractivity contribution in [3.63, 3.8) is 0 Å². The van der Waals surface area contributed by atoms with E-state index in [2.05, 4.69) is 29.5 Å². The highest BCUT2D eigenvalue weighted by molar-refractivity contribution is 6.45. The molecule has 1 aliphatic carbocycles. The summed E-state index contributed by atoms with van der Waals surface area (Å²) in [6, 6.07) is 1.13. The molecule has 3 N–H and O–H groups in total. The smallest absolute Gasteiger partial charge is 0.242 e. The Labute approximate surface area is 190 Å². The average Bonchev–Trinajstić information content (AvgIpc) is 3.26. The van der Waals surface area contributed by atoms with Crippen molar-refractivity contribution in [2.24, 2.45) is 11.3 Å². The summed E-state index contributed by atoms with van der Waals surface area (Å²) in [5.74, 6) is -0.140. The maximum atomic E-state index is 12.9. The van der Waals surface area contributed by atoms with E-state index in [-0.39, 0.29) is 35.3 Å². The Balaban J connectivity index is 1.57. The van der Waals surface area contributed by atoms with E-state index in [0.717, 1.165) is 12.8 Å². The summed E-state index contributed by atoms with van der Waals surface area (Å²) in [5, 5.41) is 14.1. The van der Waals surface area contributed by atoms with Gasteiger partial charge >= 0.3 is 0 Å². The van der Waals surface area contributed by atoms with Gasteiger partial charge in [0.2, 0.25) is 11.8 Å². The number of anilines is 1. The third kappa shape index (κ3) is 5.53. The van der Waals surface area contributed by atoms with Gasteiger partial charge in [-0.2, -0.15) is 0 Å². The van der Waals surface area contributed by atoms with E-state index in [9.17, 15) is 14.4 Å². The van der Waals surface area contributed by atoms with E-state index in [1.165, 1.54) is 38.6 Å². The van der Waals surface area contributed by atoms with Gasteiger partial charge < -0.3 is 15.5 Å². The van der Waals surface area contributed by atoms with Gasteiger partial charge in [-0.05, 0) is 43.1 Å². The van der Waals surface area contributed by atoms with Crippen molar-refractivity contribution in [2.75, 3.05) is 25.0 Å². The zero-order valence-corrected chi connectivity index (χ0v) is 19.4. The monoisotopic (exact) mass is 441 g/mol. The van der Waals surface area contributed by atoms with E-state index < -0.39 is 6.04 Å². The molecular formula is C24H35N5O3. The van der Waals surface area contributed by atoms with Crippen molar-refractivity contribution in [1.82, 2.24) is 15.2 Å². The van der Waals surface area contributed by atoms with E-state index in [0.29, 0.717) is 36.7 Å². The van der Waals surface area contributed by atoms with Gasteiger partial charge in [0, 0.05) is 31.8 Å². The molecule has 3 rings (SSSR count). The van der Waals surface area contributed by atoms with Crippen molar-refractivity contribution in [3.8, 4) is 0 Å². The molecule has 2 amide bonds. The van der Waals surface area contributed by atoms with E-state index in [1.807, 2.05) is 0 Å². The lowest BCUT2D eigenvalue weighted by Gasteiger charge is -2.39. The topological polar surface area (TPSA) is 115 Å². The van der Waals surface area contributed by atoms with Gasteiger partial charge in [0.1, 0.15) is 11.8 Å². The van der Waals surface area contributed by atoms with Crippen LogP contribution in [0.4, 0.5) is 5.69 Å². The molecule has 2 heterocycles. The number of aromatic nitrogens is 1. The summed E-state index contributed by atoms with van der Waals surface area (Å²) in [7, 11) is 0. The lowest BCUT2D eigenvalue weighted by atomic mass is 9.69. The highest BCUT2D eigenvalue weighted by Crippen LogP contribution is 2.40. The van der Waals surface area contributed by atoms with Crippen LogP contribution in [0, 0.1) is 16.7 Å². The number of hydrogen-bond acceptors (Lipinski definition) is 6. The zero-order valence-electron chi connectivity index (χ0n) is 19.4. The van der Waals surface area contributed by atoms with Crippen LogP contribution in [0.5, 0.6) is 0 Å². The number of hydrogen-bond donors (Lipinski definition) is 3. The SMILES string of the molecule is CC(=O)C(=N)c1ccncc1NCC(=O)N1CCC[C@H]1C(=O)NCC1CCCCC1(C)C. The Hall–Kier alpha value is -2.77. The molecule has 8 heteroatoms. The van der Waals surface area contributed by atoms with Crippen LogP contribution in [-0.2, 0) is 14.4 Å². The van der Waals surface area contributed by atoms with Crippen molar-refractivity contribution in [3.05, 3.63) is 24.0 Å². The number of nitrogens with zero attached hydrogens (tertiary/aromatic N) is 2. The van der Waals surface area contributed by atoms with Crippen LogP contribution in [-0.4, -0.2) is 58.9 Å². The number of Topliss-reactive ketones (excluding diaryl/α,β-unsaturated/α-hetero) is 1. The minimum Gasteiger partial charge on any atom is -0.374 e. The van der Waals surface area contributed by atoms with Crippen LogP contribution in [0.2, 0.25) is 0 Å². The molecule has 1 saturated carbocycles. The van der Waals surface area contributed by atoms with E-state index in [1.54, 1.807) is 11.0 Å². The van der Waals surface area contributed by atoms with Crippen LogP contribution >= 0.6 is 0 Å². The third-order valence-corrected chi connectivity index (χ3v) is 7.00. The first-order valence-electron chi connectivity index (χ1n) is 11.6. The standard InChI is InChI=1S/C24H35N5O3/c1-16(30)22(25)18-9-11-26-14-19(18)27-15-21(31)29-12-6-8-20(29)23(32)28-13-17-7-4-5-10-24(17,2)3/h9,11,14,17,20,25,27H,4-8,10,12-13,15H2,1-3H3,(H,28,32)/t17?,20-/m0/s1. The van der Waals surface area contributed by atoms with E-state index in [4.69, 9.17) is 5.41 Å². The highest BCUT2D eigenvalue weighted by Gasteiger charge is 2.36. The van der Waals surface area contributed by atoms with Gasteiger partial charge in [-0.25, -0.2) is 0 Å². The van der Waals surface area contributed by atoms with Gasteiger partial charge in [-0.3, -0.25) is 24.8 Å².